The monoisotopic (exact) mass is 245 g/mol. The van der Waals surface area contributed by atoms with Gasteiger partial charge in [0, 0.05) is 11.1 Å². The van der Waals surface area contributed by atoms with E-state index in [-0.39, 0.29) is 6.54 Å². The number of halogens is 3. The molecule has 7 heteroatoms. The van der Waals surface area contributed by atoms with E-state index in [1.807, 2.05) is 0 Å². The molecule has 2 rings (SSSR count). The minimum absolute atomic E-state index is 0.0203. The number of benzene rings is 1. The quantitative estimate of drug-likeness (QED) is 0.843. The van der Waals surface area contributed by atoms with Crippen molar-refractivity contribution in [1.29, 1.82) is 0 Å². The molecule has 0 aliphatic heterocycles. The lowest BCUT2D eigenvalue weighted by Gasteiger charge is -2.08. The molecule has 0 saturated carbocycles. The molecule has 0 amide bonds. The Hall–Kier alpha value is -1.76. The summed E-state index contributed by atoms with van der Waals surface area (Å²) in [5, 5.41) is 4.79. The molecule has 0 spiro atoms. The van der Waals surface area contributed by atoms with E-state index >= 15 is 0 Å². The lowest BCUT2D eigenvalue weighted by molar-refractivity contribution is -0.325. The van der Waals surface area contributed by atoms with Crippen LogP contribution in [0.3, 0.4) is 0 Å². The van der Waals surface area contributed by atoms with Gasteiger partial charge in [0.1, 0.15) is 0 Å². The number of ether oxygens (including phenoxy) is 1. The van der Waals surface area contributed by atoms with Gasteiger partial charge in [-0.3, -0.25) is 9.42 Å². The molecule has 1 aromatic carbocycles. The van der Waals surface area contributed by atoms with Crippen LogP contribution in [0.4, 0.5) is 18.9 Å². The van der Waals surface area contributed by atoms with Crippen LogP contribution in [0.2, 0.25) is 0 Å². The third kappa shape index (κ3) is 2.88. The molecule has 0 aliphatic rings. The van der Waals surface area contributed by atoms with Crippen LogP contribution in [-0.2, 0) is 11.3 Å². The number of nitrogens with two attached hydrogens (primary N) is 1. The van der Waals surface area contributed by atoms with E-state index in [4.69, 9.17) is 5.73 Å². The highest BCUT2D eigenvalue weighted by Gasteiger charge is 2.28. The van der Waals surface area contributed by atoms with Crippen molar-refractivity contribution in [2.75, 3.05) is 12.3 Å². The Bertz CT molecular complexity index is 521. The third-order valence-electron chi connectivity index (χ3n) is 2.24. The van der Waals surface area contributed by atoms with E-state index < -0.39 is 13.0 Å². The second-order valence-electron chi connectivity index (χ2n) is 3.48. The summed E-state index contributed by atoms with van der Waals surface area (Å²) < 4.78 is 40.5. The zero-order valence-electron chi connectivity index (χ0n) is 8.74. The van der Waals surface area contributed by atoms with Crippen LogP contribution >= 0.6 is 0 Å². The molecule has 4 nitrogen and oxygen atoms in total. The molecule has 92 valence electrons. The minimum Gasteiger partial charge on any atom is -0.399 e. The first-order chi connectivity index (χ1) is 7.96. The SMILES string of the molecule is Nc1ccc2cnn(CCOC(F)(F)F)c2c1. The van der Waals surface area contributed by atoms with E-state index in [2.05, 4.69) is 9.84 Å². The van der Waals surface area contributed by atoms with Gasteiger partial charge in [-0.1, -0.05) is 0 Å². The summed E-state index contributed by atoms with van der Waals surface area (Å²) in [4.78, 5) is 0. The average molecular weight is 245 g/mol. The summed E-state index contributed by atoms with van der Waals surface area (Å²) in [5.74, 6) is 0. The van der Waals surface area contributed by atoms with Gasteiger partial charge in [0.15, 0.2) is 0 Å². The Balaban J connectivity index is 2.11. The summed E-state index contributed by atoms with van der Waals surface area (Å²) >= 11 is 0. The minimum atomic E-state index is -4.61. The smallest absolute Gasteiger partial charge is 0.399 e. The standard InChI is InChI=1S/C10H10F3N3O/c11-10(12,13)17-4-3-16-9-5-8(14)2-1-7(9)6-15-16/h1-2,5-6H,3-4,14H2. The highest BCUT2D eigenvalue weighted by molar-refractivity contribution is 5.81. The zero-order valence-corrected chi connectivity index (χ0v) is 8.74. The maximum atomic E-state index is 11.8. The number of aromatic nitrogens is 2. The van der Waals surface area contributed by atoms with Gasteiger partial charge >= 0.3 is 6.36 Å². The first-order valence-electron chi connectivity index (χ1n) is 4.87. The second kappa shape index (κ2) is 4.25. The summed E-state index contributed by atoms with van der Waals surface area (Å²) in [7, 11) is 0. The lowest BCUT2D eigenvalue weighted by atomic mass is 10.2. The Kier molecular flexibility index (Phi) is 2.93. The van der Waals surface area contributed by atoms with Crippen molar-refractivity contribution in [1.82, 2.24) is 9.78 Å². The van der Waals surface area contributed by atoms with Crippen LogP contribution in [0, 0.1) is 0 Å². The number of anilines is 1. The number of fused-ring (bicyclic) bond motifs is 1. The molecule has 1 aromatic heterocycles. The molecule has 2 aromatic rings. The molecule has 0 aliphatic carbocycles. The van der Waals surface area contributed by atoms with Crippen molar-refractivity contribution in [3.63, 3.8) is 0 Å². The Morgan fingerprint density at radius 2 is 2.12 bits per heavy atom. The van der Waals surface area contributed by atoms with E-state index in [0.29, 0.717) is 11.2 Å². The molecular weight excluding hydrogens is 235 g/mol. The first kappa shape index (κ1) is 11.7. The summed E-state index contributed by atoms with van der Waals surface area (Å²) in [6.45, 7) is -0.457. The second-order valence-corrected chi connectivity index (χ2v) is 3.48. The molecule has 0 radical (unpaired) electrons. The van der Waals surface area contributed by atoms with Crippen molar-refractivity contribution in [3.05, 3.63) is 24.4 Å². The largest absolute Gasteiger partial charge is 0.522 e. The van der Waals surface area contributed by atoms with Crippen LogP contribution in [0.5, 0.6) is 0 Å². The van der Waals surface area contributed by atoms with Crippen molar-refractivity contribution >= 4 is 16.6 Å². The molecule has 17 heavy (non-hydrogen) atoms. The van der Waals surface area contributed by atoms with Crippen LogP contribution < -0.4 is 5.73 Å². The summed E-state index contributed by atoms with van der Waals surface area (Å²) in [5.41, 5.74) is 6.83. The van der Waals surface area contributed by atoms with Gasteiger partial charge in [-0.15, -0.1) is 13.2 Å². The molecule has 0 unspecified atom stereocenters. The normalized spacial score (nSPS) is 12.2. The number of nitrogens with zero attached hydrogens (tertiary/aromatic N) is 2. The van der Waals surface area contributed by atoms with Crippen molar-refractivity contribution in [3.8, 4) is 0 Å². The predicted molar refractivity (Wildman–Crippen MR) is 56.2 cm³/mol. The highest BCUT2D eigenvalue weighted by atomic mass is 19.4. The molecule has 1 heterocycles. The average Bonchev–Trinajstić information content (AvgIpc) is 2.59. The zero-order chi connectivity index (χ0) is 12.5. The Morgan fingerprint density at radius 3 is 2.82 bits per heavy atom. The van der Waals surface area contributed by atoms with E-state index in [1.54, 1.807) is 24.4 Å². The highest BCUT2D eigenvalue weighted by Crippen LogP contribution is 2.18. The van der Waals surface area contributed by atoms with Crippen LogP contribution in [-0.4, -0.2) is 22.7 Å². The third-order valence-corrected chi connectivity index (χ3v) is 2.24. The van der Waals surface area contributed by atoms with Gasteiger partial charge in [0.05, 0.1) is 24.9 Å². The molecule has 2 N–H and O–H groups in total. The van der Waals surface area contributed by atoms with E-state index in [9.17, 15) is 13.2 Å². The predicted octanol–water partition coefficient (Wildman–Crippen LogP) is 2.15. The molecule has 0 fully saturated rings. The fraction of sp³-hybridized carbons (Fsp3) is 0.300. The van der Waals surface area contributed by atoms with Crippen molar-refractivity contribution < 1.29 is 17.9 Å². The topological polar surface area (TPSA) is 53.1 Å². The van der Waals surface area contributed by atoms with Crippen LogP contribution in [0.15, 0.2) is 24.4 Å². The summed E-state index contributed by atoms with van der Waals surface area (Å²) in [6, 6.07) is 5.13. The maximum Gasteiger partial charge on any atom is 0.522 e. The van der Waals surface area contributed by atoms with Crippen molar-refractivity contribution in [2.24, 2.45) is 0 Å². The molecular formula is C10H10F3N3O. The molecule has 0 bridgehead atoms. The Labute approximate surface area is 94.8 Å². The number of hydrogen-bond acceptors (Lipinski definition) is 3. The maximum absolute atomic E-state index is 11.8. The fourth-order valence-electron chi connectivity index (χ4n) is 1.51. The summed E-state index contributed by atoms with van der Waals surface area (Å²) in [6.07, 6.45) is -3.04. The number of nitrogen functional groups attached to an aromatic ring is 1. The van der Waals surface area contributed by atoms with Gasteiger partial charge < -0.3 is 5.73 Å². The lowest BCUT2D eigenvalue weighted by Crippen LogP contribution is -2.17. The molecule has 0 saturated heterocycles. The van der Waals surface area contributed by atoms with Crippen molar-refractivity contribution in [2.45, 2.75) is 12.9 Å². The first-order valence-corrected chi connectivity index (χ1v) is 4.87. The number of hydrogen-bond donors (Lipinski definition) is 1. The van der Waals surface area contributed by atoms with Crippen LogP contribution in [0.1, 0.15) is 0 Å². The van der Waals surface area contributed by atoms with E-state index in [1.165, 1.54) is 4.68 Å². The van der Waals surface area contributed by atoms with Crippen LogP contribution in [0.25, 0.3) is 10.9 Å². The van der Waals surface area contributed by atoms with Gasteiger partial charge in [-0.2, -0.15) is 5.10 Å². The fourth-order valence-corrected chi connectivity index (χ4v) is 1.51. The number of alkyl halides is 3. The van der Waals surface area contributed by atoms with Gasteiger partial charge in [0.25, 0.3) is 0 Å². The number of rotatable bonds is 3. The van der Waals surface area contributed by atoms with Gasteiger partial charge in [-0.05, 0) is 18.2 Å². The van der Waals surface area contributed by atoms with Gasteiger partial charge in [0.2, 0.25) is 0 Å². The Morgan fingerprint density at radius 1 is 1.35 bits per heavy atom. The van der Waals surface area contributed by atoms with Gasteiger partial charge in [-0.25, -0.2) is 0 Å². The van der Waals surface area contributed by atoms with E-state index in [0.717, 1.165) is 5.39 Å². The molecule has 0 atom stereocenters.